The van der Waals surface area contributed by atoms with E-state index in [2.05, 4.69) is 10.2 Å². The Hall–Kier alpha value is -1.64. The molecule has 0 aromatic heterocycles. The highest BCUT2D eigenvalue weighted by atomic mass is 35.5. The fraction of sp³-hybridized carbons (Fsp3) is 0.381. The number of likely N-dealkylation sites (tertiary alicyclic amines) is 1. The van der Waals surface area contributed by atoms with Gasteiger partial charge in [-0.15, -0.1) is 0 Å². The van der Waals surface area contributed by atoms with Crippen molar-refractivity contribution in [2.45, 2.75) is 30.3 Å². The number of amides is 1. The van der Waals surface area contributed by atoms with Crippen molar-refractivity contribution < 1.29 is 13.2 Å². The van der Waals surface area contributed by atoms with Crippen LogP contribution in [0.4, 0.5) is 0 Å². The molecule has 0 radical (unpaired) electrons. The molecule has 0 unspecified atom stereocenters. The lowest BCUT2D eigenvalue weighted by atomic mass is 10.0. The summed E-state index contributed by atoms with van der Waals surface area (Å²) in [7, 11) is -2.34. The number of hydrogen-bond donors (Lipinski definition) is 1. The van der Waals surface area contributed by atoms with Gasteiger partial charge in [0.05, 0.1) is 11.4 Å². The highest BCUT2D eigenvalue weighted by Crippen LogP contribution is 2.18. The second-order valence-electron chi connectivity index (χ2n) is 7.46. The zero-order valence-electron chi connectivity index (χ0n) is 16.7. The number of carbonyl (C=O) groups is 1. The molecule has 9 heteroatoms. The van der Waals surface area contributed by atoms with Crippen molar-refractivity contribution in [3.8, 4) is 0 Å². The Labute approximate surface area is 187 Å². The summed E-state index contributed by atoms with van der Waals surface area (Å²) in [5.41, 5.74) is 1.20. The molecule has 2 aromatic carbocycles. The largest absolute Gasteiger partial charge is 0.352 e. The number of piperidine rings is 1. The summed E-state index contributed by atoms with van der Waals surface area (Å²) >= 11 is 11.7. The SMILES string of the molecule is CN(CC(=O)NC1CCN(Cc2ccc(Cl)cc2)CC1)S(=O)(=O)c1ccc(Cl)cc1. The van der Waals surface area contributed by atoms with Gasteiger partial charge in [0.2, 0.25) is 15.9 Å². The summed E-state index contributed by atoms with van der Waals surface area (Å²) in [5, 5.41) is 4.14. The normalized spacial score (nSPS) is 16.0. The van der Waals surface area contributed by atoms with Gasteiger partial charge in [-0.2, -0.15) is 4.31 Å². The summed E-state index contributed by atoms with van der Waals surface area (Å²) in [6.07, 6.45) is 1.65. The van der Waals surface area contributed by atoms with Gasteiger partial charge in [-0.1, -0.05) is 35.3 Å². The van der Waals surface area contributed by atoms with Crippen LogP contribution in [0.3, 0.4) is 0 Å². The first-order valence-electron chi connectivity index (χ1n) is 9.72. The van der Waals surface area contributed by atoms with Crippen molar-refractivity contribution in [2.75, 3.05) is 26.7 Å². The van der Waals surface area contributed by atoms with Crippen molar-refractivity contribution in [1.29, 1.82) is 0 Å². The Balaban J connectivity index is 1.46. The van der Waals surface area contributed by atoms with E-state index in [0.717, 1.165) is 41.8 Å². The van der Waals surface area contributed by atoms with Crippen LogP contribution in [0.1, 0.15) is 18.4 Å². The molecular formula is C21H25Cl2N3O3S. The van der Waals surface area contributed by atoms with Crippen molar-refractivity contribution in [3.63, 3.8) is 0 Å². The van der Waals surface area contributed by atoms with Crippen LogP contribution in [-0.4, -0.2) is 56.3 Å². The molecule has 1 N–H and O–H groups in total. The van der Waals surface area contributed by atoms with E-state index in [1.807, 2.05) is 24.3 Å². The zero-order chi connectivity index (χ0) is 21.7. The summed E-state index contributed by atoms with van der Waals surface area (Å²) in [6, 6.07) is 13.8. The number of nitrogens with zero attached hydrogens (tertiary/aromatic N) is 2. The third kappa shape index (κ3) is 6.18. The predicted molar refractivity (Wildman–Crippen MR) is 119 cm³/mol. The fourth-order valence-electron chi connectivity index (χ4n) is 3.43. The van der Waals surface area contributed by atoms with Crippen molar-refractivity contribution in [2.24, 2.45) is 0 Å². The van der Waals surface area contributed by atoms with Gasteiger partial charge in [-0.05, 0) is 54.8 Å². The summed E-state index contributed by atoms with van der Waals surface area (Å²) in [6.45, 7) is 2.36. The van der Waals surface area contributed by atoms with Crippen LogP contribution in [0, 0.1) is 0 Å². The van der Waals surface area contributed by atoms with Crippen molar-refractivity contribution in [1.82, 2.24) is 14.5 Å². The molecule has 0 bridgehead atoms. The van der Waals surface area contributed by atoms with E-state index >= 15 is 0 Å². The third-order valence-corrected chi connectivity index (χ3v) is 7.48. The number of benzene rings is 2. The molecule has 162 valence electrons. The monoisotopic (exact) mass is 469 g/mol. The number of hydrogen-bond acceptors (Lipinski definition) is 4. The molecule has 1 heterocycles. The Kier molecular flexibility index (Phi) is 7.76. The van der Waals surface area contributed by atoms with Crippen LogP contribution < -0.4 is 5.32 Å². The van der Waals surface area contributed by atoms with E-state index < -0.39 is 10.0 Å². The molecule has 30 heavy (non-hydrogen) atoms. The highest BCUT2D eigenvalue weighted by Gasteiger charge is 2.25. The molecule has 2 aromatic rings. The molecular weight excluding hydrogens is 445 g/mol. The number of rotatable bonds is 7. The fourth-order valence-corrected chi connectivity index (χ4v) is 4.81. The first-order chi connectivity index (χ1) is 14.2. The van der Waals surface area contributed by atoms with Crippen LogP contribution in [0.2, 0.25) is 10.0 Å². The molecule has 6 nitrogen and oxygen atoms in total. The lowest BCUT2D eigenvalue weighted by molar-refractivity contribution is -0.122. The molecule has 0 spiro atoms. The molecule has 1 fully saturated rings. The molecule has 0 atom stereocenters. The van der Waals surface area contributed by atoms with Crippen molar-refractivity contribution in [3.05, 3.63) is 64.1 Å². The predicted octanol–water partition coefficient (Wildman–Crippen LogP) is 3.39. The van der Waals surface area contributed by atoms with Gasteiger partial charge in [-0.3, -0.25) is 9.69 Å². The number of nitrogens with one attached hydrogen (secondary N) is 1. The Morgan fingerprint density at radius 2 is 1.57 bits per heavy atom. The average molecular weight is 470 g/mol. The average Bonchev–Trinajstić information content (AvgIpc) is 2.71. The van der Waals surface area contributed by atoms with E-state index in [-0.39, 0.29) is 23.4 Å². The minimum Gasteiger partial charge on any atom is -0.352 e. The van der Waals surface area contributed by atoms with E-state index in [1.54, 1.807) is 0 Å². The van der Waals surface area contributed by atoms with Gasteiger partial charge in [0.25, 0.3) is 0 Å². The standard InChI is InChI=1S/C21H25Cl2N3O3S/c1-25(30(28,29)20-8-6-18(23)7-9-20)15-21(27)24-19-10-12-26(13-11-19)14-16-2-4-17(22)5-3-16/h2-9,19H,10-15H2,1H3,(H,24,27). The summed E-state index contributed by atoms with van der Waals surface area (Å²) < 4.78 is 26.3. The Morgan fingerprint density at radius 3 is 2.13 bits per heavy atom. The van der Waals surface area contributed by atoms with Gasteiger partial charge in [0.15, 0.2) is 0 Å². The molecule has 1 saturated heterocycles. The second kappa shape index (κ2) is 10.1. The topological polar surface area (TPSA) is 69.7 Å². The number of carbonyl (C=O) groups excluding carboxylic acids is 1. The number of likely N-dealkylation sites (N-methyl/N-ethyl adjacent to an activating group) is 1. The number of sulfonamides is 1. The van der Waals surface area contributed by atoms with Crippen LogP contribution >= 0.6 is 23.2 Å². The lowest BCUT2D eigenvalue weighted by Gasteiger charge is -2.32. The lowest BCUT2D eigenvalue weighted by Crippen LogP contribution is -2.47. The molecule has 1 aliphatic heterocycles. The van der Waals surface area contributed by atoms with E-state index in [1.165, 1.54) is 36.9 Å². The van der Waals surface area contributed by atoms with Crippen LogP contribution in [0.25, 0.3) is 0 Å². The zero-order valence-corrected chi connectivity index (χ0v) is 19.1. The Morgan fingerprint density at radius 1 is 1.03 bits per heavy atom. The minimum atomic E-state index is -3.74. The number of halogens is 2. The quantitative estimate of drug-likeness (QED) is 0.674. The molecule has 1 amide bonds. The summed E-state index contributed by atoms with van der Waals surface area (Å²) in [4.78, 5) is 14.8. The molecule has 3 rings (SSSR count). The first kappa shape index (κ1) is 23.0. The van der Waals surface area contributed by atoms with Crippen molar-refractivity contribution >= 4 is 39.1 Å². The Bertz CT molecular complexity index is 958. The van der Waals surface area contributed by atoms with Gasteiger partial charge in [0, 0.05) is 42.8 Å². The maximum atomic E-state index is 12.6. The maximum Gasteiger partial charge on any atom is 0.243 e. The van der Waals surface area contributed by atoms with E-state index in [4.69, 9.17) is 23.2 Å². The second-order valence-corrected chi connectivity index (χ2v) is 10.4. The summed E-state index contributed by atoms with van der Waals surface area (Å²) in [5.74, 6) is -0.300. The molecule has 1 aliphatic rings. The van der Waals surface area contributed by atoms with Crippen LogP contribution in [-0.2, 0) is 21.4 Å². The van der Waals surface area contributed by atoms with Gasteiger partial charge in [0.1, 0.15) is 0 Å². The molecule has 0 aliphatic carbocycles. The van der Waals surface area contributed by atoms with Gasteiger partial charge in [-0.25, -0.2) is 8.42 Å². The van der Waals surface area contributed by atoms with Gasteiger partial charge >= 0.3 is 0 Å². The molecule has 0 saturated carbocycles. The van der Waals surface area contributed by atoms with Gasteiger partial charge < -0.3 is 5.32 Å². The smallest absolute Gasteiger partial charge is 0.243 e. The highest BCUT2D eigenvalue weighted by molar-refractivity contribution is 7.89. The van der Waals surface area contributed by atoms with E-state index in [9.17, 15) is 13.2 Å². The maximum absolute atomic E-state index is 12.6. The first-order valence-corrected chi connectivity index (χ1v) is 11.9. The third-order valence-electron chi connectivity index (χ3n) is 5.16. The van der Waals surface area contributed by atoms with E-state index in [0.29, 0.717) is 5.02 Å². The minimum absolute atomic E-state index is 0.0469. The van der Waals surface area contributed by atoms with Crippen LogP contribution in [0.5, 0.6) is 0 Å². The van der Waals surface area contributed by atoms with Crippen LogP contribution in [0.15, 0.2) is 53.4 Å².